The maximum atomic E-state index is 13.1. The monoisotopic (exact) mass is 552 g/mol. The van der Waals surface area contributed by atoms with Gasteiger partial charge in [0.15, 0.2) is 0 Å². The highest BCUT2D eigenvalue weighted by molar-refractivity contribution is 5.72. The van der Waals surface area contributed by atoms with Crippen LogP contribution in [-0.2, 0) is 23.8 Å². The molecule has 0 spiro atoms. The molecule has 1 saturated heterocycles. The highest BCUT2D eigenvalue weighted by Gasteiger charge is 2.40. The number of aromatic nitrogens is 3. The van der Waals surface area contributed by atoms with Crippen LogP contribution in [0.4, 0.5) is 19.1 Å². The van der Waals surface area contributed by atoms with Crippen molar-refractivity contribution in [2.75, 3.05) is 24.6 Å². The number of carboxylic acid groups (broad SMARTS) is 1. The first-order valence-electron chi connectivity index (χ1n) is 12.8. The number of carbonyl (C=O) groups is 1. The third-order valence-corrected chi connectivity index (χ3v) is 6.92. The maximum Gasteiger partial charge on any atom is 0.433 e. The second-order valence-corrected chi connectivity index (χ2v) is 9.68. The zero-order valence-corrected chi connectivity index (χ0v) is 21.6. The van der Waals surface area contributed by atoms with Crippen LogP contribution in [0.5, 0.6) is 5.75 Å². The van der Waals surface area contributed by atoms with Crippen molar-refractivity contribution in [3.05, 3.63) is 89.6 Å². The first-order chi connectivity index (χ1) is 19.2. The average Bonchev–Trinajstić information content (AvgIpc) is 3.53. The quantitative estimate of drug-likeness (QED) is 0.292. The molecule has 2 atom stereocenters. The van der Waals surface area contributed by atoms with Crippen molar-refractivity contribution in [3.63, 3.8) is 0 Å². The largest absolute Gasteiger partial charge is 0.493 e. The summed E-state index contributed by atoms with van der Waals surface area (Å²) < 4.78 is 50.9. The normalized spacial score (nSPS) is 17.2. The van der Waals surface area contributed by atoms with Gasteiger partial charge in [-0.3, -0.25) is 4.79 Å². The van der Waals surface area contributed by atoms with Crippen LogP contribution in [0.25, 0.3) is 11.5 Å². The van der Waals surface area contributed by atoms with Crippen LogP contribution in [0.1, 0.15) is 22.7 Å². The number of hydrogen-bond acceptors (Lipinski definition) is 7. The van der Waals surface area contributed by atoms with Crippen molar-refractivity contribution in [1.29, 1.82) is 0 Å². The van der Waals surface area contributed by atoms with Gasteiger partial charge in [-0.25, -0.2) is 15.0 Å². The van der Waals surface area contributed by atoms with Gasteiger partial charge in [0.25, 0.3) is 0 Å². The van der Waals surface area contributed by atoms with Crippen LogP contribution in [0.3, 0.4) is 0 Å². The van der Waals surface area contributed by atoms with Crippen molar-refractivity contribution in [3.8, 4) is 17.2 Å². The Hall–Kier alpha value is -4.41. The summed E-state index contributed by atoms with van der Waals surface area (Å²) in [6.45, 7) is 2.54. The van der Waals surface area contributed by atoms with E-state index in [2.05, 4.69) is 15.0 Å². The van der Waals surface area contributed by atoms with Crippen LogP contribution < -0.4 is 9.64 Å². The Kier molecular flexibility index (Phi) is 7.72. The molecule has 1 N–H and O–H groups in total. The molecule has 1 aliphatic heterocycles. The van der Waals surface area contributed by atoms with E-state index in [1.807, 2.05) is 61.5 Å². The number of nitrogens with zero attached hydrogens (tertiary/aromatic N) is 4. The summed E-state index contributed by atoms with van der Waals surface area (Å²) in [6.07, 6.45) is -2.56. The molecule has 1 aliphatic rings. The standard InChI is InChI=1S/C29H27F3N4O4/c1-18-24(34-26(40-18)20-5-3-2-4-6-20)12-14-39-22-9-7-19(8-10-22)15-21-16-36(17-23(21)27(37)38)28-33-13-11-25(35-28)29(30,31)32/h2-11,13,21,23H,12,14-17H2,1H3,(H,37,38)/t21-,23+/m0/s1. The van der Waals surface area contributed by atoms with E-state index in [0.29, 0.717) is 31.1 Å². The summed E-state index contributed by atoms with van der Waals surface area (Å²) in [5.74, 6) is -0.233. The van der Waals surface area contributed by atoms with Crippen LogP contribution in [0.15, 0.2) is 71.3 Å². The van der Waals surface area contributed by atoms with Crippen LogP contribution >= 0.6 is 0 Å². The van der Waals surface area contributed by atoms with E-state index in [1.165, 1.54) is 4.90 Å². The summed E-state index contributed by atoms with van der Waals surface area (Å²) in [5, 5.41) is 9.75. The topological polar surface area (TPSA) is 102 Å². The van der Waals surface area contributed by atoms with Gasteiger partial charge in [0, 0.05) is 31.3 Å². The van der Waals surface area contributed by atoms with Crippen molar-refractivity contribution in [2.24, 2.45) is 11.8 Å². The fraction of sp³-hybridized carbons (Fsp3) is 0.310. The summed E-state index contributed by atoms with van der Waals surface area (Å²) in [4.78, 5) is 25.6. The van der Waals surface area contributed by atoms with Gasteiger partial charge >= 0.3 is 12.1 Å². The summed E-state index contributed by atoms with van der Waals surface area (Å²) >= 11 is 0. The van der Waals surface area contributed by atoms with Gasteiger partial charge in [-0.15, -0.1) is 0 Å². The zero-order valence-electron chi connectivity index (χ0n) is 21.6. The van der Waals surface area contributed by atoms with Crippen LogP contribution in [0, 0.1) is 18.8 Å². The van der Waals surface area contributed by atoms with E-state index in [-0.39, 0.29) is 25.0 Å². The Balaban J connectivity index is 1.18. The Morgan fingerprint density at radius 2 is 1.82 bits per heavy atom. The number of aryl methyl sites for hydroxylation is 1. The molecule has 8 nitrogen and oxygen atoms in total. The van der Waals surface area contributed by atoms with E-state index < -0.39 is 23.8 Å². The van der Waals surface area contributed by atoms with Gasteiger partial charge in [-0.1, -0.05) is 30.3 Å². The van der Waals surface area contributed by atoms with E-state index in [4.69, 9.17) is 9.15 Å². The second-order valence-electron chi connectivity index (χ2n) is 9.68. The number of oxazole rings is 1. The van der Waals surface area contributed by atoms with E-state index >= 15 is 0 Å². The van der Waals surface area contributed by atoms with E-state index in [9.17, 15) is 23.1 Å². The third kappa shape index (κ3) is 6.24. The van der Waals surface area contributed by atoms with Crippen molar-refractivity contribution >= 4 is 11.9 Å². The third-order valence-electron chi connectivity index (χ3n) is 6.92. The zero-order chi connectivity index (χ0) is 28.3. The van der Waals surface area contributed by atoms with Gasteiger partial charge < -0.3 is 19.2 Å². The number of hydrogen-bond donors (Lipinski definition) is 1. The number of ether oxygens (including phenoxy) is 1. The molecule has 0 saturated carbocycles. The van der Waals surface area contributed by atoms with Gasteiger partial charge in [-0.2, -0.15) is 13.2 Å². The smallest absolute Gasteiger partial charge is 0.433 e. The van der Waals surface area contributed by atoms with E-state index in [0.717, 1.165) is 34.8 Å². The van der Waals surface area contributed by atoms with E-state index in [1.54, 1.807) is 0 Å². The van der Waals surface area contributed by atoms with Gasteiger partial charge in [0.1, 0.15) is 17.2 Å². The molecule has 0 aliphatic carbocycles. The summed E-state index contributed by atoms with van der Waals surface area (Å²) in [5.41, 5.74) is 1.57. The number of benzene rings is 2. The molecule has 11 heteroatoms. The Labute approximate surface area is 228 Å². The molecule has 1 fully saturated rings. The average molecular weight is 553 g/mol. The lowest BCUT2D eigenvalue weighted by molar-refractivity contribution is -0.142. The molecule has 0 radical (unpaired) electrons. The highest BCUT2D eigenvalue weighted by Crippen LogP contribution is 2.32. The number of aliphatic carboxylic acids is 1. The SMILES string of the molecule is Cc1oc(-c2ccccc2)nc1CCOc1ccc(C[C@H]2CN(c3nccc(C(F)(F)F)n3)C[C@H]2C(=O)O)cc1. The van der Waals surface area contributed by atoms with Gasteiger partial charge in [-0.05, 0) is 55.2 Å². The molecule has 3 heterocycles. The molecule has 0 amide bonds. The Bertz CT molecular complexity index is 1460. The molecular weight excluding hydrogens is 525 g/mol. The molecule has 0 unspecified atom stereocenters. The second kappa shape index (κ2) is 11.4. The number of rotatable bonds is 9. The van der Waals surface area contributed by atoms with Crippen LogP contribution in [-0.4, -0.2) is 45.7 Å². The molecule has 4 aromatic rings. The van der Waals surface area contributed by atoms with Crippen LogP contribution in [0.2, 0.25) is 0 Å². The molecule has 2 aromatic heterocycles. The summed E-state index contributed by atoms with van der Waals surface area (Å²) in [6, 6.07) is 17.8. The fourth-order valence-corrected chi connectivity index (χ4v) is 4.83. The van der Waals surface area contributed by atoms with Crippen molar-refractivity contribution < 1.29 is 32.2 Å². The van der Waals surface area contributed by atoms with Crippen molar-refractivity contribution in [2.45, 2.75) is 25.9 Å². The molecular formula is C29H27F3N4O4. The molecule has 0 bridgehead atoms. The maximum absolute atomic E-state index is 13.1. The predicted molar refractivity (Wildman–Crippen MR) is 140 cm³/mol. The lowest BCUT2D eigenvalue weighted by atomic mass is 9.90. The van der Waals surface area contributed by atoms with Crippen molar-refractivity contribution in [1.82, 2.24) is 15.0 Å². The predicted octanol–water partition coefficient (Wildman–Crippen LogP) is 5.46. The first-order valence-corrected chi connectivity index (χ1v) is 12.8. The molecule has 208 valence electrons. The minimum atomic E-state index is -4.61. The highest BCUT2D eigenvalue weighted by atomic mass is 19.4. The van der Waals surface area contributed by atoms with Gasteiger partial charge in [0.05, 0.1) is 18.2 Å². The number of carboxylic acids is 1. The minimum Gasteiger partial charge on any atom is -0.493 e. The Morgan fingerprint density at radius 1 is 1.07 bits per heavy atom. The first kappa shape index (κ1) is 27.2. The minimum absolute atomic E-state index is 0.0377. The van der Waals surface area contributed by atoms with Gasteiger partial charge in [0.2, 0.25) is 11.8 Å². The number of anilines is 1. The molecule has 5 rings (SSSR count). The molecule has 2 aromatic carbocycles. The fourth-order valence-electron chi connectivity index (χ4n) is 4.83. The molecule has 40 heavy (non-hydrogen) atoms. The Morgan fingerprint density at radius 3 is 2.52 bits per heavy atom. The number of halogens is 3. The number of alkyl halides is 3. The summed E-state index contributed by atoms with van der Waals surface area (Å²) in [7, 11) is 0. The lowest BCUT2D eigenvalue weighted by Crippen LogP contribution is -2.25. The lowest BCUT2D eigenvalue weighted by Gasteiger charge is -2.17.